The number of carbonyl (C=O) groups excluding carboxylic acids is 1. The highest BCUT2D eigenvalue weighted by atomic mass is 16.5. The summed E-state index contributed by atoms with van der Waals surface area (Å²) < 4.78 is 5.04. The standard InChI is InChI=1S/C8H14N2O2/c1-2-12-7-3-4-8(11)10-6-5-9/h2-4,6-7H2,1H3,(H,10,11). The molecule has 0 aromatic carbocycles. The molecule has 0 spiro atoms. The number of ether oxygens (including phenoxy) is 1. The predicted molar refractivity (Wildman–Crippen MR) is 44.3 cm³/mol. The second-order valence-corrected chi connectivity index (χ2v) is 2.24. The Hall–Kier alpha value is -1.08. The molecule has 0 aromatic rings. The van der Waals surface area contributed by atoms with E-state index < -0.39 is 0 Å². The van der Waals surface area contributed by atoms with Crippen molar-refractivity contribution in [2.75, 3.05) is 19.8 Å². The SMILES string of the molecule is CCOCCCC(=O)NCC#N. The van der Waals surface area contributed by atoms with E-state index in [9.17, 15) is 4.79 Å². The van der Waals surface area contributed by atoms with Crippen molar-refractivity contribution in [3.8, 4) is 6.07 Å². The summed E-state index contributed by atoms with van der Waals surface area (Å²) in [4.78, 5) is 10.8. The fraction of sp³-hybridized carbons (Fsp3) is 0.750. The molecule has 68 valence electrons. The number of nitrogens with zero attached hydrogens (tertiary/aromatic N) is 1. The zero-order valence-electron chi connectivity index (χ0n) is 7.30. The molecule has 0 aliphatic rings. The van der Waals surface area contributed by atoms with Crippen molar-refractivity contribution in [2.24, 2.45) is 0 Å². The minimum absolute atomic E-state index is 0.0868. The third-order valence-electron chi connectivity index (χ3n) is 1.26. The minimum Gasteiger partial charge on any atom is -0.382 e. The number of hydrogen-bond acceptors (Lipinski definition) is 3. The minimum atomic E-state index is -0.0868. The van der Waals surface area contributed by atoms with E-state index >= 15 is 0 Å². The Morgan fingerprint density at radius 2 is 2.42 bits per heavy atom. The fourth-order valence-electron chi connectivity index (χ4n) is 0.706. The lowest BCUT2D eigenvalue weighted by atomic mass is 10.3. The third-order valence-corrected chi connectivity index (χ3v) is 1.26. The highest BCUT2D eigenvalue weighted by Crippen LogP contribution is 1.89. The first-order chi connectivity index (χ1) is 5.81. The van der Waals surface area contributed by atoms with Crippen LogP contribution in [0, 0.1) is 11.3 Å². The maximum Gasteiger partial charge on any atom is 0.220 e. The van der Waals surface area contributed by atoms with Crippen molar-refractivity contribution < 1.29 is 9.53 Å². The third kappa shape index (κ3) is 7.03. The first-order valence-electron chi connectivity index (χ1n) is 4.02. The van der Waals surface area contributed by atoms with Crippen molar-refractivity contribution in [1.29, 1.82) is 5.26 Å². The van der Waals surface area contributed by atoms with Gasteiger partial charge in [-0.05, 0) is 13.3 Å². The Labute approximate surface area is 72.5 Å². The predicted octanol–water partition coefficient (Wildman–Crippen LogP) is 0.443. The monoisotopic (exact) mass is 170 g/mol. The van der Waals surface area contributed by atoms with Crippen LogP contribution in [0.25, 0.3) is 0 Å². The molecule has 0 aromatic heterocycles. The summed E-state index contributed by atoms with van der Waals surface area (Å²) in [5.41, 5.74) is 0. The van der Waals surface area contributed by atoms with Crippen LogP contribution in [0.3, 0.4) is 0 Å². The van der Waals surface area contributed by atoms with Crippen LogP contribution in [0.15, 0.2) is 0 Å². The van der Waals surface area contributed by atoms with Crippen LogP contribution in [0.4, 0.5) is 0 Å². The van der Waals surface area contributed by atoms with Gasteiger partial charge in [-0.25, -0.2) is 0 Å². The Morgan fingerprint density at radius 1 is 1.67 bits per heavy atom. The number of nitrogens with one attached hydrogen (secondary N) is 1. The van der Waals surface area contributed by atoms with Crippen molar-refractivity contribution in [3.05, 3.63) is 0 Å². The van der Waals surface area contributed by atoms with Crippen LogP contribution in [-0.2, 0) is 9.53 Å². The molecular weight excluding hydrogens is 156 g/mol. The largest absolute Gasteiger partial charge is 0.382 e. The second kappa shape index (κ2) is 8.02. The Bertz CT molecular complexity index is 163. The van der Waals surface area contributed by atoms with E-state index in [1.165, 1.54) is 0 Å². The molecule has 4 nitrogen and oxygen atoms in total. The molecule has 0 saturated heterocycles. The lowest BCUT2D eigenvalue weighted by molar-refractivity contribution is -0.121. The molecule has 0 radical (unpaired) electrons. The van der Waals surface area contributed by atoms with Crippen LogP contribution in [0.5, 0.6) is 0 Å². The van der Waals surface area contributed by atoms with Gasteiger partial charge in [-0.3, -0.25) is 4.79 Å². The molecule has 0 bridgehead atoms. The van der Waals surface area contributed by atoms with E-state index in [0.29, 0.717) is 26.1 Å². The van der Waals surface area contributed by atoms with Gasteiger partial charge >= 0.3 is 0 Å². The molecule has 1 N–H and O–H groups in total. The van der Waals surface area contributed by atoms with E-state index in [-0.39, 0.29) is 12.5 Å². The molecule has 0 rings (SSSR count). The molecular formula is C8H14N2O2. The molecule has 0 fully saturated rings. The maximum atomic E-state index is 10.8. The normalized spacial score (nSPS) is 9.00. The molecule has 12 heavy (non-hydrogen) atoms. The van der Waals surface area contributed by atoms with Crippen molar-refractivity contribution in [1.82, 2.24) is 5.32 Å². The molecule has 1 amide bonds. The van der Waals surface area contributed by atoms with E-state index in [1.54, 1.807) is 0 Å². The summed E-state index contributed by atoms with van der Waals surface area (Å²) >= 11 is 0. The van der Waals surface area contributed by atoms with Gasteiger partial charge in [0.2, 0.25) is 5.91 Å². The topological polar surface area (TPSA) is 62.1 Å². The van der Waals surface area contributed by atoms with Gasteiger partial charge in [-0.15, -0.1) is 0 Å². The van der Waals surface area contributed by atoms with E-state index in [1.807, 2.05) is 13.0 Å². The van der Waals surface area contributed by atoms with Gasteiger partial charge in [0.1, 0.15) is 6.54 Å². The Morgan fingerprint density at radius 3 is 3.00 bits per heavy atom. The second-order valence-electron chi connectivity index (χ2n) is 2.24. The highest BCUT2D eigenvalue weighted by Gasteiger charge is 1.98. The summed E-state index contributed by atoms with van der Waals surface area (Å²) in [6, 6.07) is 1.84. The first-order valence-corrected chi connectivity index (χ1v) is 4.02. The molecule has 0 heterocycles. The molecule has 0 atom stereocenters. The van der Waals surface area contributed by atoms with Crippen molar-refractivity contribution in [2.45, 2.75) is 19.8 Å². The Balaban J connectivity index is 3.15. The summed E-state index contributed by atoms with van der Waals surface area (Å²) in [6.07, 6.45) is 1.15. The zero-order chi connectivity index (χ0) is 9.23. The van der Waals surface area contributed by atoms with E-state index in [0.717, 1.165) is 0 Å². The van der Waals surface area contributed by atoms with Gasteiger partial charge in [0.15, 0.2) is 0 Å². The van der Waals surface area contributed by atoms with Crippen LogP contribution < -0.4 is 5.32 Å². The average Bonchev–Trinajstić information content (AvgIpc) is 2.09. The lowest BCUT2D eigenvalue weighted by Gasteiger charge is -2.00. The smallest absolute Gasteiger partial charge is 0.220 e. The van der Waals surface area contributed by atoms with E-state index in [2.05, 4.69) is 5.32 Å². The number of nitriles is 1. The van der Waals surface area contributed by atoms with Gasteiger partial charge in [0, 0.05) is 19.6 Å². The summed E-state index contributed by atoms with van der Waals surface area (Å²) in [7, 11) is 0. The quantitative estimate of drug-likeness (QED) is 0.465. The summed E-state index contributed by atoms with van der Waals surface area (Å²) in [6.45, 7) is 3.29. The summed E-state index contributed by atoms with van der Waals surface area (Å²) in [5.74, 6) is -0.0868. The molecule has 0 aliphatic heterocycles. The van der Waals surface area contributed by atoms with Crippen LogP contribution >= 0.6 is 0 Å². The summed E-state index contributed by atoms with van der Waals surface area (Å²) in [5, 5.41) is 10.6. The maximum absolute atomic E-state index is 10.8. The van der Waals surface area contributed by atoms with Crippen LogP contribution in [0.2, 0.25) is 0 Å². The Kier molecular flexibility index (Phi) is 7.30. The number of hydrogen-bond donors (Lipinski definition) is 1. The fourth-order valence-corrected chi connectivity index (χ4v) is 0.706. The van der Waals surface area contributed by atoms with Gasteiger partial charge in [-0.2, -0.15) is 5.26 Å². The van der Waals surface area contributed by atoms with Gasteiger partial charge in [-0.1, -0.05) is 0 Å². The van der Waals surface area contributed by atoms with Crippen LogP contribution in [-0.4, -0.2) is 25.7 Å². The van der Waals surface area contributed by atoms with Crippen molar-refractivity contribution in [3.63, 3.8) is 0 Å². The van der Waals surface area contributed by atoms with Gasteiger partial charge < -0.3 is 10.1 Å². The van der Waals surface area contributed by atoms with Gasteiger partial charge in [0.25, 0.3) is 0 Å². The molecule has 4 heteroatoms. The number of rotatable bonds is 6. The highest BCUT2D eigenvalue weighted by molar-refractivity contribution is 5.75. The lowest BCUT2D eigenvalue weighted by Crippen LogP contribution is -2.23. The molecule has 0 saturated carbocycles. The molecule has 0 unspecified atom stereocenters. The zero-order valence-corrected chi connectivity index (χ0v) is 7.30. The number of amides is 1. The first kappa shape index (κ1) is 10.9. The van der Waals surface area contributed by atoms with Gasteiger partial charge in [0.05, 0.1) is 6.07 Å². The van der Waals surface area contributed by atoms with E-state index in [4.69, 9.17) is 10.00 Å². The average molecular weight is 170 g/mol. The number of carbonyl (C=O) groups is 1. The molecule has 0 aliphatic carbocycles. The van der Waals surface area contributed by atoms with Crippen molar-refractivity contribution >= 4 is 5.91 Å². The van der Waals surface area contributed by atoms with Crippen LogP contribution in [0.1, 0.15) is 19.8 Å².